The molecule has 1 aromatic carbocycles. The van der Waals surface area contributed by atoms with Crippen molar-refractivity contribution in [2.75, 3.05) is 30.3 Å². The summed E-state index contributed by atoms with van der Waals surface area (Å²) in [6.45, 7) is 3.64. The molecule has 1 aliphatic carbocycles. The number of carbonyl (C=O) groups is 2. The highest BCUT2D eigenvalue weighted by Gasteiger charge is 2.20. The molecule has 1 saturated carbocycles. The summed E-state index contributed by atoms with van der Waals surface area (Å²) in [4.78, 5) is 23.2. The molecule has 1 aliphatic rings. The van der Waals surface area contributed by atoms with E-state index in [0.29, 0.717) is 24.5 Å². The zero-order chi connectivity index (χ0) is 15.1. The van der Waals surface area contributed by atoms with Gasteiger partial charge in [-0.15, -0.1) is 0 Å². The highest BCUT2D eigenvalue weighted by molar-refractivity contribution is 5.94. The molecule has 1 fully saturated rings. The normalized spacial score (nSPS) is 13.6. The maximum Gasteiger partial charge on any atom is 0.319 e. The molecule has 0 aliphatic heterocycles. The maximum absolute atomic E-state index is 11.8. The van der Waals surface area contributed by atoms with Crippen molar-refractivity contribution in [2.24, 2.45) is 5.92 Å². The van der Waals surface area contributed by atoms with Crippen molar-refractivity contribution in [3.8, 4) is 0 Å². The number of nitrogens with one attached hydrogen (secondary N) is 4. The van der Waals surface area contributed by atoms with Crippen LogP contribution in [0.5, 0.6) is 0 Å². The van der Waals surface area contributed by atoms with Gasteiger partial charge in [-0.3, -0.25) is 4.79 Å². The Morgan fingerprint density at radius 2 is 1.90 bits per heavy atom. The van der Waals surface area contributed by atoms with Crippen molar-refractivity contribution in [2.45, 2.75) is 19.8 Å². The summed E-state index contributed by atoms with van der Waals surface area (Å²) >= 11 is 0. The van der Waals surface area contributed by atoms with E-state index in [0.717, 1.165) is 12.5 Å². The lowest BCUT2D eigenvalue weighted by atomic mass is 10.2. The third kappa shape index (κ3) is 5.83. The fourth-order valence-electron chi connectivity index (χ4n) is 1.93. The molecule has 0 spiro atoms. The van der Waals surface area contributed by atoms with Gasteiger partial charge >= 0.3 is 6.03 Å². The summed E-state index contributed by atoms with van der Waals surface area (Å²) in [6, 6.07) is 6.83. The van der Waals surface area contributed by atoms with Crippen LogP contribution in [0.25, 0.3) is 0 Å². The second kappa shape index (κ2) is 7.64. The Bertz CT molecular complexity index is 500. The quantitative estimate of drug-likeness (QED) is 0.617. The minimum Gasteiger partial charge on any atom is -0.338 e. The highest BCUT2D eigenvalue weighted by Crippen LogP contribution is 2.27. The van der Waals surface area contributed by atoms with Crippen LogP contribution in [0, 0.1) is 5.92 Å². The summed E-state index contributed by atoms with van der Waals surface area (Å²) in [5.74, 6) is 0.674. The number of hydrogen-bond donors (Lipinski definition) is 4. The Balaban J connectivity index is 1.78. The Labute approximate surface area is 124 Å². The van der Waals surface area contributed by atoms with E-state index < -0.39 is 0 Å². The van der Waals surface area contributed by atoms with Crippen LogP contribution in [0.4, 0.5) is 16.2 Å². The van der Waals surface area contributed by atoms with Crippen molar-refractivity contribution in [1.29, 1.82) is 0 Å². The molecule has 0 saturated heterocycles. The van der Waals surface area contributed by atoms with E-state index in [9.17, 15) is 9.59 Å². The molecule has 2 rings (SSSR count). The first-order valence-electron chi connectivity index (χ1n) is 7.33. The molecule has 0 aromatic heterocycles. The molecule has 6 heteroatoms. The van der Waals surface area contributed by atoms with Gasteiger partial charge in [-0.1, -0.05) is 6.07 Å². The van der Waals surface area contributed by atoms with Crippen LogP contribution < -0.4 is 21.3 Å². The third-order valence-electron chi connectivity index (χ3n) is 3.16. The van der Waals surface area contributed by atoms with E-state index in [1.807, 2.05) is 6.92 Å². The Hall–Kier alpha value is -2.08. The van der Waals surface area contributed by atoms with Crippen LogP contribution in [0.15, 0.2) is 24.3 Å². The molecule has 21 heavy (non-hydrogen) atoms. The average molecular weight is 290 g/mol. The average Bonchev–Trinajstić information content (AvgIpc) is 3.23. The number of hydrogen-bond acceptors (Lipinski definition) is 3. The predicted octanol–water partition coefficient (Wildman–Crippen LogP) is 1.77. The second-order valence-corrected chi connectivity index (χ2v) is 5.19. The Kier molecular flexibility index (Phi) is 5.57. The van der Waals surface area contributed by atoms with Crippen LogP contribution >= 0.6 is 0 Å². The lowest BCUT2D eigenvalue weighted by molar-refractivity contribution is -0.115. The van der Waals surface area contributed by atoms with E-state index in [4.69, 9.17) is 0 Å². The highest BCUT2D eigenvalue weighted by atomic mass is 16.2. The Morgan fingerprint density at radius 1 is 1.19 bits per heavy atom. The van der Waals surface area contributed by atoms with Gasteiger partial charge in [0.05, 0.1) is 6.54 Å². The van der Waals surface area contributed by atoms with E-state index >= 15 is 0 Å². The van der Waals surface area contributed by atoms with Gasteiger partial charge in [0.25, 0.3) is 0 Å². The van der Waals surface area contributed by atoms with Crippen LogP contribution in [0.3, 0.4) is 0 Å². The second-order valence-electron chi connectivity index (χ2n) is 5.19. The standard InChI is InChI=1S/C15H22N4O2/c1-2-17-15(21)19-13-5-3-4-12(8-13)18-14(20)10-16-9-11-6-7-11/h3-5,8,11,16H,2,6-7,9-10H2,1H3,(H,18,20)(H2,17,19,21). The molecule has 4 N–H and O–H groups in total. The molecule has 1 aromatic rings. The number of rotatable bonds is 7. The molecule has 6 nitrogen and oxygen atoms in total. The summed E-state index contributed by atoms with van der Waals surface area (Å²) in [6.07, 6.45) is 2.53. The van der Waals surface area contributed by atoms with Crippen LogP contribution in [-0.2, 0) is 4.79 Å². The molecular formula is C15H22N4O2. The molecule has 0 unspecified atom stereocenters. The first-order chi connectivity index (χ1) is 10.2. The topological polar surface area (TPSA) is 82.3 Å². The lowest BCUT2D eigenvalue weighted by Gasteiger charge is -2.09. The minimum absolute atomic E-state index is 0.0780. The molecule has 0 atom stereocenters. The minimum atomic E-state index is -0.257. The summed E-state index contributed by atoms with van der Waals surface area (Å²) in [5, 5.41) is 11.3. The van der Waals surface area contributed by atoms with Gasteiger partial charge in [0.15, 0.2) is 0 Å². The zero-order valence-electron chi connectivity index (χ0n) is 12.2. The third-order valence-corrected chi connectivity index (χ3v) is 3.16. The fraction of sp³-hybridized carbons (Fsp3) is 0.467. The van der Waals surface area contributed by atoms with Crippen molar-refractivity contribution in [3.63, 3.8) is 0 Å². The molecule has 0 heterocycles. The first-order valence-corrected chi connectivity index (χ1v) is 7.33. The van der Waals surface area contributed by atoms with E-state index in [1.54, 1.807) is 24.3 Å². The number of benzene rings is 1. The number of anilines is 2. The summed E-state index contributed by atoms with van der Waals surface area (Å²) < 4.78 is 0. The van der Waals surface area contributed by atoms with Crippen molar-refractivity contribution < 1.29 is 9.59 Å². The monoisotopic (exact) mass is 290 g/mol. The largest absolute Gasteiger partial charge is 0.338 e. The molecular weight excluding hydrogens is 268 g/mol. The van der Waals surface area contributed by atoms with Gasteiger partial charge < -0.3 is 21.3 Å². The Morgan fingerprint density at radius 3 is 2.57 bits per heavy atom. The summed E-state index contributed by atoms with van der Waals surface area (Å²) in [5.41, 5.74) is 1.31. The van der Waals surface area contributed by atoms with Gasteiger partial charge in [-0.05, 0) is 50.4 Å². The van der Waals surface area contributed by atoms with Gasteiger partial charge in [0.1, 0.15) is 0 Å². The van der Waals surface area contributed by atoms with Gasteiger partial charge in [0, 0.05) is 17.9 Å². The molecule has 114 valence electrons. The first kappa shape index (κ1) is 15.3. The fourth-order valence-corrected chi connectivity index (χ4v) is 1.93. The number of carbonyl (C=O) groups excluding carboxylic acids is 2. The molecule has 0 bridgehead atoms. The van der Waals surface area contributed by atoms with Crippen LogP contribution in [0.1, 0.15) is 19.8 Å². The van der Waals surface area contributed by atoms with Crippen molar-refractivity contribution in [3.05, 3.63) is 24.3 Å². The maximum atomic E-state index is 11.8. The van der Waals surface area contributed by atoms with Gasteiger partial charge in [-0.25, -0.2) is 4.79 Å². The number of urea groups is 1. The van der Waals surface area contributed by atoms with Gasteiger partial charge in [0.2, 0.25) is 5.91 Å². The van der Waals surface area contributed by atoms with E-state index in [-0.39, 0.29) is 11.9 Å². The molecule has 3 amide bonds. The van der Waals surface area contributed by atoms with Gasteiger partial charge in [-0.2, -0.15) is 0 Å². The zero-order valence-corrected chi connectivity index (χ0v) is 12.2. The van der Waals surface area contributed by atoms with Crippen molar-refractivity contribution >= 4 is 23.3 Å². The predicted molar refractivity (Wildman–Crippen MR) is 83.4 cm³/mol. The van der Waals surface area contributed by atoms with E-state index in [1.165, 1.54) is 12.8 Å². The molecule has 0 radical (unpaired) electrons. The lowest BCUT2D eigenvalue weighted by Crippen LogP contribution is -2.29. The smallest absolute Gasteiger partial charge is 0.319 e. The van der Waals surface area contributed by atoms with Crippen LogP contribution in [-0.4, -0.2) is 31.6 Å². The van der Waals surface area contributed by atoms with E-state index in [2.05, 4.69) is 21.3 Å². The van der Waals surface area contributed by atoms with Crippen molar-refractivity contribution in [1.82, 2.24) is 10.6 Å². The summed E-state index contributed by atoms with van der Waals surface area (Å²) in [7, 11) is 0. The van der Waals surface area contributed by atoms with Crippen LogP contribution in [0.2, 0.25) is 0 Å². The SMILES string of the molecule is CCNC(=O)Nc1cccc(NC(=O)CNCC2CC2)c1. The number of amides is 3.